The molecule has 3 rings (SSSR count). The van der Waals surface area contributed by atoms with Crippen LogP contribution in [0.1, 0.15) is 40.0 Å². The summed E-state index contributed by atoms with van der Waals surface area (Å²) in [6, 6.07) is 4.33. The van der Waals surface area contributed by atoms with E-state index in [2.05, 4.69) is 31.4 Å². The Balaban J connectivity index is 1.74. The first-order valence-corrected chi connectivity index (χ1v) is 9.67. The van der Waals surface area contributed by atoms with E-state index in [1.807, 2.05) is 0 Å². The van der Waals surface area contributed by atoms with Gasteiger partial charge in [-0.25, -0.2) is 4.79 Å². The Morgan fingerprint density at radius 3 is 2.67 bits per heavy atom. The molecule has 0 unspecified atom stereocenters. The number of benzene rings is 1. The molecule has 146 valence electrons. The number of hydrogen-bond acceptors (Lipinski definition) is 3. The molecular weight excluding hydrogens is 389 g/mol. The summed E-state index contributed by atoms with van der Waals surface area (Å²) >= 11 is 12.0. The van der Waals surface area contributed by atoms with Crippen molar-refractivity contribution in [1.82, 2.24) is 10.2 Å². The van der Waals surface area contributed by atoms with Crippen molar-refractivity contribution in [2.75, 3.05) is 11.9 Å². The van der Waals surface area contributed by atoms with Gasteiger partial charge in [-0.2, -0.15) is 0 Å². The fourth-order valence-corrected chi connectivity index (χ4v) is 4.93. The zero-order valence-corrected chi connectivity index (χ0v) is 17.1. The first kappa shape index (κ1) is 20.0. The minimum atomic E-state index is -0.924. The number of imide groups is 1. The topological polar surface area (TPSA) is 78.5 Å². The number of nitrogens with zero attached hydrogens (tertiary/aromatic N) is 1. The maximum atomic E-state index is 13.1. The van der Waals surface area contributed by atoms with Gasteiger partial charge in [0.1, 0.15) is 12.1 Å². The molecule has 1 saturated heterocycles. The lowest BCUT2D eigenvalue weighted by atomic mass is 9.64. The van der Waals surface area contributed by atoms with E-state index in [4.69, 9.17) is 23.2 Å². The molecule has 1 spiro atoms. The van der Waals surface area contributed by atoms with Crippen LogP contribution in [-0.4, -0.2) is 34.8 Å². The molecule has 1 aliphatic carbocycles. The van der Waals surface area contributed by atoms with Crippen LogP contribution >= 0.6 is 23.2 Å². The fourth-order valence-electron chi connectivity index (χ4n) is 4.58. The summed E-state index contributed by atoms with van der Waals surface area (Å²) in [5, 5.41) is 5.98. The summed E-state index contributed by atoms with van der Waals surface area (Å²) in [6.45, 7) is 5.91. The van der Waals surface area contributed by atoms with E-state index in [-0.39, 0.29) is 22.9 Å². The number of urea groups is 1. The molecule has 2 atom stereocenters. The van der Waals surface area contributed by atoms with Gasteiger partial charge in [-0.05, 0) is 42.7 Å². The number of carbonyl (C=O) groups excluding carboxylic acids is 3. The zero-order chi connectivity index (χ0) is 20.0. The first-order valence-electron chi connectivity index (χ1n) is 8.91. The average molecular weight is 412 g/mol. The van der Waals surface area contributed by atoms with Crippen molar-refractivity contribution in [3.63, 3.8) is 0 Å². The minimum absolute atomic E-state index is 0.0623. The Labute approximate surface area is 168 Å². The summed E-state index contributed by atoms with van der Waals surface area (Å²) in [5.41, 5.74) is -0.650. The molecule has 8 heteroatoms. The molecule has 4 amide bonds. The van der Waals surface area contributed by atoms with Crippen LogP contribution < -0.4 is 10.6 Å². The Hall–Kier alpha value is -1.79. The van der Waals surface area contributed by atoms with Gasteiger partial charge in [0, 0.05) is 0 Å². The predicted octanol–water partition coefficient (Wildman–Crippen LogP) is 4.07. The molecule has 0 radical (unpaired) electrons. The van der Waals surface area contributed by atoms with Crippen molar-refractivity contribution in [2.24, 2.45) is 11.3 Å². The number of amides is 4. The predicted molar refractivity (Wildman–Crippen MR) is 105 cm³/mol. The SMILES string of the molecule is C[C@@H]1CC(C)(C)C[C@@]2(C1)NC(=O)N(CC(=O)Nc1cccc(Cl)c1Cl)C2=O. The van der Waals surface area contributed by atoms with Gasteiger partial charge in [0.15, 0.2) is 0 Å². The normalized spacial score (nSPS) is 27.0. The first-order chi connectivity index (χ1) is 12.5. The molecule has 1 aromatic rings. The summed E-state index contributed by atoms with van der Waals surface area (Å²) in [4.78, 5) is 38.9. The quantitative estimate of drug-likeness (QED) is 0.735. The highest BCUT2D eigenvalue weighted by molar-refractivity contribution is 6.44. The van der Waals surface area contributed by atoms with Gasteiger partial charge < -0.3 is 10.6 Å². The lowest BCUT2D eigenvalue weighted by Gasteiger charge is -2.43. The van der Waals surface area contributed by atoms with E-state index in [1.165, 1.54) is 0 Å². The Kier molecular flexibility index (Phi) is 5.16. The van der Waals surface area contributed by atoms with Crippen LogP contribution in [0, 0.1) is 11.3 Å². The van der Waals surface area contributed by atoms with Gasteiger partial charge in [0.25, 0.3) is 5.91 Å². The molecule has 1 aliphatic heterocycles. The number of anilines is 1. The van der Waals surface area contributed by atoms with Crippen LogP contribution in [0.4, 0.5) is 10.5 Å². The second-order valence-electron chi connectivity index (χ2n) is 8.41. The fraction of sp³-hybridized carbons (Fsp3) is 0.526. The molecule has 27 heavy (non-hydrogen) atoms. The summed E-state index contributed by atoms with van der Waals surface area (Å²) in [5.74, 6) is -0.542. The third-order valence-electron chi connectivity index (χ3n) is 5.15. The summed E-state index contributed by atoms with van der Waals surface area (Å²) < 4.78 is 0. The molecule has 2 N–H and O–H groups in total. The highest BCUT2D eigenvalue weighted by Crippen LogP contribution is 2.46. The highest BCUT2D eigenvalue weighted by atomic mass is 35.5. The molecular formula is C19H23Cl2N3O3. The van der Waals surface area contributed by atoms with Crippen molar-refractivity contribution in [2.45, 2.75) is 45.6 Å². The smallest absolute Gasteiger partial charge is 0.323 e. The molecule has 1 aromatic carbocycles. The average Bonchev–Trinajstić information content (AvgIpc) is 2.73. The van der Waals surface area contributed by atoms with Crippen LogP contribution in [0.15, 0.2) is 18.2 Å². The number of hydrogen-bond donors (Lipinski definition) is 2. The lowest BCUT2D eigenvalue weighted by Crippen LogP contribution is -2.54. The number of nitrogens with one attached hydrogen (secondary N) is 2. The van der Waals surface area contributed by atoms with Gasteiger partial charge in [0.2, 0.25) is 5.91 Å². The number of carbonyl (C=O) groups is 3. The van der Waals surface area contributed by atoms with Crippen LogP contribution in [-0.2, 0) is 9.59 Å². The lowest BCUT2D eigenvalue weighted by molar-refractivity contribution is -0.136. The van der Waals surface area contributed by atoms with Crippen molar-refractivity contribution in [1.29, 1.82) is 0 Å². The van der Waals surface area contributed by atoms with E-state index < -0.39 is 17.5 Å². The van der Waals surface area contributed by atoms with Crippen LogP contribution in [0.3, 0.4) is 0 Å². The van der Waals surface area contributed by atoms with Crippen molar-refractivity contribution in [3.05, 3.63) is 28.2 Å². The van der Waals surface area contributed by atoms with E-state index in [0.717, 1.165) is 11.3 Å². The Morgan fingerprint density at radius 2 is 2.00 bits per heavy atom. The second kappa shape index (κ2) is 6.99. The summed E-state index contributed by atoms with van der Waals surface area (Å²) in [7, 11) is 0. The molecule has 1 heterocycles. The van der Waals surface area contributed by atoms with Crippen LogP contribution in [0.2, 0.25) is 10.0 Å². The minimum Gasteiger partial charge on any atom is -0.323 e. The van der Waals surface area contributed by atoms with E-state index in [9.17, 15) is 14.4 Å². The maximum Gasteiger partial charge on any atom is 0.325 e. The van der Waals surface area contributed by atoms with Gasteiger partial charge in [-0.1, -0.05) is 50.0 Å². The molecule has 2 fully saturated rings. The number of halogens is 2. The number of rotatable bonds is 3. The van der Waals surface area contributed by atoms with Gasteiger partial charge in [0.05, 0.1) is 15.7 Å². The van der Waals surface area contributed by atoms with Gasteiger partial charge in [-0.15, -0.1) is 0 Å². The Morgan fingerprint density at radius 1 is 1.30 bits per heavy atom. The van der Waals surface area contributed by atoms with Gasteiger partial charge in [-0.3, -0.25) is 14.5 Å². The largest absolute Gasteiger partial charge is 0.325 e. The standard InChI is InChI=1S/C19H23Cl2N3O3/c1-11-7-18(2,3)10-19(8-11)16(26)24(17(27)23-19)9-14(25)22-13-6-4-5-12(20)15(13)21/h4-6,11H,7-10H2,1-3H3,(H,22,25)(H,23,27)/t11-,19-/m1/s1. The highest BCUT2D eigenvalue weighted by Gasteiger charge is 2.56. The van der Waals surface area contributed by atoms with Crippen LogP contribution in [0.25, 0.3) is 0 Å². The van der Waals surface area contributed by atoms with Crippen molar-refractivity contribution >= 4 is 46.7 Å². The van der Waals surface area contributed by atoms with E-state index >= 15 is 0 Å². The van der Waals surface area contributed by atoms with Crippen molar-refractivity contribution in [3.8, 4) is 0 Å². The molecule has 0 bridgehead atoms. The third kappa shape index (κ3) is 3.92. The van der Waals surface area contributed by atoms with E-state index in [0.29, 0.717) is 29.5 Å². The zero-order valence-electron chi connectivity index (χ0n) is 15.6. The van der Waals surface area contributed by atoms with Crippen molar-refractivity contribution < 1.29 is 14.4 Å². The van der Waals surface area contributed by atoms with E-state index in [1.54, 1.807) is 18.2 Å². The molecule has 6 nitrogen and oxygen atoms in total. The molecule has 0 aromatic heterocycles. The summed E-state index contributed by atoms with van der Waals surface area (Å²) in [6.07, 6.45) is 2.14. The van der Waals surface area contributed by atoms with Gasteiger partial charge >= 0.3 is 6.03 Å². The molecule has 1 saturated carbocycles. The Bertz CT molecular complexity index is 811. The van der Waals surface area contributed by atoms with Crippen LogP contribution in [0.5, 0.6) is 0 Å². The molecule has 2 aliphatic rings. The second-order valence-corrected chi connectivity index (χ2v) is 9.19. The third-order valence-corrected chi connectivity index (χ3v) is 5.97. The maximum absolute atomic E-state index is 13.1. The monoisotopic (exact) mass is 411 g/mol.